The van der Waals surface area contributed by atoms with Crippen LogP contribution in [0.1, 0.15) is 0 Å². The van der Waals surface area contributed by atoms with Gasteiger partial charge in [0.25, 0.3) is 0 Å². The van der Waals surface area contributed by atoms with Crippen LogP contribution in [0.5, 0.6) is 0 Å². The summed E-state index contributed by atoms with van der Waals surface area (Å²) in [5.74, 6) is 0. The second-order valence-electron chi connectivity index (χ2n) is 2.64. The zero-order chi connectivity index (χ0) is 14.9. The lowest BCUT2D eigenvalue weighted by molar-refractivity contribution is -0.171. The Labute approximate surface area is 91.4 Å². The Kier molecular flexibility index (Phi) is 4.25. The van der Waals surface area contributed by atoms with E-state index in [-0.39, 0.29) is 5.73 Å². The van der Waals surface area contributed by atoms with Gasteiger partial charge in [0, 0.05) is 0 Å². The van der Waals surface area contributed by atoms with Crippen molar-refractivity contribution in [2.45, 2.75) is 18.5 Å². The van der Waals surface area contributed by atoms with Gasteiger partial charge in [0.05, 0.1) is 0 Å². The Hall–Kier alpha value is -1.51. The van der Waals surface area contributed by atoms with E-state index in [4.69, 9.17) is 0 Å². The molecule has 18 heavy (non-hydrogen) atoms. The maximum Gasteiger partial charge on any atom is 0.429 e. The Balaban J connectivity index is 6.32. The third-order valence-electron chi connectivity index (χ3n) is 1.30. The van der Waals surface area contributed by atoms with Crippen LogP contribution < -0.4 is 0 Å². The third-order valence-corrected chi connectivity index (χ3v) is 1.30. The maximum atomic E-state index is 11.8. The largest absolute Gasteiger partial charge is 0.429 e. The zero-order valence-corrected chi connectivity index (χ0v) is 7.69. The second-order valence-corrected chi connectivity index (χ2v) is 2.64. The molecule has 0 saturated heterocycles. The molecule has 0 heterocycles. The van der Waals surface area contributed by atoms with Gasteiger partial charge < -0.3 is 0 Å². The van der Waals surface area contributed by atoms with Crippen molar-refractivity contribution in [3.8, 4) is 0 Å². The molecule has 0 aliphatic carbocycles. The molecule has 0 rings (SSSR count). The van der Waals surface area contributed by atoms with Gasteiger partial charge >= 0.3 is 24.6 Å². The van der Waals surface area contributed by atoms with Crippen molar-refractivity contribution in [1.29, 1.82) is 0 Å². The van der Waals surface area contributed by atoms with Crippen molar-refractivity contribution in [2.24, 2.45) is 0 Å². The van der Waals surface area contributed by atoms with E-state index in [0.717, 1.165) is 0 Å². The first-order valence-corrected chi connectivity index (χ1v) is 3.59. The second kappa shape index (κ2) is 4.63. The van der Waals surface area contributed by atoms with Crippen LogP contribution in [-0.2, 0) is 4.79 Å². The van der Waals surface area contributed by atoms with Gasteiger partial charge in [0.15, 0.2) is 11.1 Å². The predicted octanol–water partition coefficient (Wildman–Crippen LogP) is 3.62. The van der Waals surface area contributed by atoms with E-state index in [1.807, 2.05) is 0 Å². The fraction of sp³-hybridized carbons (Fsp3) is 0.429. The normalized spacial score (nSPS) is 13.0. The number of hydrogen-bond donors (Lipinski definition) is 0. The average molecular weight is 290 g/mol. The maximum absolute atomic E-state index is 11.8. The quantitative estimate of drug-likeness (QED) is 0.312. The van der Waals surface area contributed by atoms with Crippen molar-refractivity contribution in [1.82, 2.24) is 0 Å². The van der Waals surface area contributed by atoms with E-state index >= 15 is 0 Å². The zero-order valence-electron chi connectivity index (χ0n) is 7.69. The highest BCUT2D eigenvalue weighted by Gasteiger charge is 2.52. The standard InChI is InChI=1S/C7F10O/c8-4(18)2(5(9,10)11)1-3(6(12,13)14)7(15,16)17. The molecule has 0 aliphatic rings. The highest BCUT2D eigenvalue weighted by molar-refractivity contribution is 5.88. The summed E-state index contributed by atoms with van der Waals surface area (Å²) in [5.41, 5.74) is -7.36. The van der Waals surface area contributed by atoms with Crippen LogP contribution in [0.25, 0.3) is 0 Å². The van der Waals surface area contributed by atoms with Crippen LogP contribution >= 0.6 is 0 Å². The van der Waals surface area contributed by atoms with Crippen LogP contribution in [0.2, 0.25) is 0 Å². The molecule has 0 radical (unpaired) electrons. The van der Waals surface area contributed by atoms with E-state index in [9.17, 15) is 48.7 Å². The van der Waals surface area contributed by atoms with Crippen molar-refractivity contribution in [3.63, 3.8) is 0 Å². The van der Waals surface area contributed by atoms with Crippen molar-refractivity contribution < 1.29 is 48.7 Å². The molecule has 0 aliphatic heterocycles. The van der Waals surface area contributed by atoms with Gasteiger partial charge in [-0.2, -0.15) is 43.9 Å². The number of hydrogen-bond acceptors (Lipinski definition) is 1. The first-order chi connectivity index (χ1) is 7.67. The van der Waals surface area contributed by atoms with Gasteiger partial charge in [-0.25, -0.2) is 0 Å². The van der Waals surface area contributed by atoms with Gasteiger partial charge in [-0.3, -0.25) is 4.79 Å². The van der Waals surface area contributed by atoms with Crippen molar-refractivity contribution in [2.75, 3.05) is 0 Å². The lowest BCUT2D eigenvalue weighted by atomic mass is 10.2. The fourth-order valence-corrected chi connectivity index (χ4v) is 0.659. The van der Waals surface area contributed by atoms with Crippen LogP contribution in [0.15, 0.2) is 16.9 Å². The predicted molar refractivity (Wildman–Crippen MR) is 34.8 cm³/mol. The monoisotopic (exact) mass is 290 g/mol. The molecule has 0 bridgehead atoms. The summed E-state index contributed by atoms with van der Waals surface area (Å²) in [6, 6.07) is -3.51. The topological polar surface area (TPSA) is 17.1 Å². The summed E-state index contributed by atoms with van der Waals surface area (Å²) in [7, 11) is 0. The number of carbonyl (C=O) groups excluding carboxylic acids is 1. The first-order valence-electron chi connectivity index (χ1n) is 3.59. The highest BCUT2D eigenvalue weighted by atomic mass is 19.4. The third kappa shape index (κ3) is 4.40. The summed E-state index contributed by atoms with van der Waals surface area (Å²) in [4.78, 5) is 9.75. The average Bonchev–Trinajstić information content (AvgIpc) is 1.94. The molecule has 0 spiro atoms. The number of halogens is 10. The molecule has 0 N–H and O–H groups in total. The molecule has 0 aromatic heterocycles. The van der Waals surface area contributed by atoms with E-state index in [1.165, 1.54) is 0 Å². The van der Waals surface area contributed by atoms with Gasteiger partial charge in [-0.1, -0.05) is 5.73 Å². The molecule has 0 aromatic carbocycles. The highest BCUT2D eigenvalue weighted by Crippen LogP contribution is 2.39. The van der Waals surface area contributed by atoms with Crippen LogP contribution in [-0.4, -0.2) is 24.6 Å². The van der Waals surface area contributed by atoms with Crippen molar-refractivity contribution >= 4 is 6.04 Å². The molecule has 0 fully saturated rings. The SMILES string of the molecule is O=C(F)C(=C=C(C(F)(F)F)C(F)(F)F)C(F)(F)F. The lowest BCUT2D eigenvalue weighted by Gasteiger charge is -2.13. The molecule has 1 nitrogen and oxygen atoms in total. The molecule has 0 saturated carbocycles. The Morgan fingerprint density at radius 2 is 1.06 bits per heavy atom. The fourth-order valence-electron chi connectivity index (χ4n) is 0.659. The summed E-state index contributed by atoms with van der Waals surface area (Å²) < 4.78 is 118. The van der Waals surface area contributed by atoms with E-state index in [0.29, 0.717) is 0 Å². The summed E-state index contributed by atoms with van der Waals surface area (Å²) in [6.45, 7) is 0. The van der Waals surface area contributed by atoms with Gasteiger partial charge in [-0.15, -0.1) is 0 Å². The number of rotatable bonds is 1. The number of alkyl halides is 9. The smallest absolute Gasteiger partial charge is 0.255 e. The van der Waals surface area contributed by atoms with Gasteiger partial charge in [0.1, 0.15) is 0 Å². The van der Waals surface area contributed by atoms with Gasteiger partial charge in [0.2, 0.25) is 0 Å². The number of allylic oxidation sites excluding steroid dienone is 1. The van der Waals surface area contributed by atoms with E-state index in [1.54, 1.807) is 0 Å². The van der Waals surface area contributed by atoms with Crippen LogP contribution in [0.3, 0.4) is 0 Å². The summed E-state index contributed by atoms with van der Waals surface area (Å²) >= 11 is 0. The molecule has 11 heteroatoms. The summed E-state index contributed by atoms with van der Waals surface area (Å²) in [5, 5.41) is 0. The molecular weight excluding hydrogens is 290 g/mol. The van der Waals surface area contributed by atoms with Crippen molar-refractivity contribution in [3.05, 3.63) is 16.9 Å². The lowest BCUT2D eigenvalue weighted by Crippen LogP contribution is -2.26. The minimum Gasteiger partial charge on any atom is -0.255 e. The summed E-state index contributed by atoms with van der Waals surface area (Å²) in [6.07, 6.45) is -18.6. The Morgan fingerprint density at radius 3 is 1.22 bits per heavy atom. The Morgan fingerprint density at radius 1 is 0.722 bits per heavy atom. The molecule has 0 atom stereocenters. The molecule has 104 valence electrons. The minimum atomic E-state index is -6.27. The first kappa shape index (κ1) is 16.5. The van der Waals surface area contributed by atoms with E-state index < -0.39 is 35.7 Å². The van der Waals surface area contributed by atoms with Crippen LogP contribution in [0, 0.1) is 0 Å². The van der Waals surface area contributed by atoms with E-state index in [2.05, 4.69) is 0 Å². The minimum absolute atomic E-state index is 0.293. The molecule has 0 amide bonds. The van der Waals surface area contributed by atoms with Gasteiger partial charge in [-0.05, 0) is 0 Å². The number of carbonyl (C=O) groups is 1. The molecule has 0 unspecified atom stereocenters. The van der Waals surface area contributed by atoms with Crippen LogP contribution in [0.4, 0.5) is 43.9 Å². The Bertz CT molecular complexity index is 383. The molecular formula is C7F10O. The molecule has 0 aromatic rings.